The number of carboxylic acids is 3. The number of carboxylic acid groups (broad SMARTS) is 3. The summed E-state index contributed by atoms with van der Waals surface area (Å²) in [6.07, 6.45) is -1.18. The van der Waals surface area contributed by atoms with Crippen LogP contribution in [0.4, 0.5) is 0 Å². The molecular weight excluding hydrogens is 230 g/mol. The monoisotopic (exact) mass is 239 g/mol. The van der Waals surface area contributed by atoms with Crippen LogP contribution in [0.2, 0.25) is 0 Å². The molecule has 0 fully saturated rings. The van der Waals surface area contributed by atoms with E-state index in [-0.39, 0.29) is 65.5 Å². The van der Waals surface area contributed by atoms with E-state index in [1.165, 1.54) is 0 Å². The topological polar surface area (TPSA) is 132 Å². The Labute approximate surface area is 129 Å². The van der Waals surface area contributed by atoms with E-state index >= 15 is 0 Å². The van der Waals surface area contributed by atoms with Crippen LogP contribution in [0.25, 0.3) is 0 Å². The molecule has 0 aromatic rings. The fourth-order valence-electron chi connectivity index (χ4n) is 0.623. The number of rotatable bonds is 5. The van der Waals surface area contributed by atoms with Gasteiger partial charge < -0.3 is 20.4 Å². The third-order valence-electron chi connectivity index (χ3n) is 1.15. The average Bonchev–Trinajstić information content (AvgIpc) is 1.82. The zero-order chi connectivity index (χ0) is 10.6. The first-order valence-electron chi connectivity index (χ1n) is 3.04. The van der Waals surface area contributed by atoms with Gasteiger partial charge in [0.05, 0.1) is 6.42 Å². The van der Waals surface area contributed by atoms with Gasteiger partial charge in [0.15, 0.2) is 5.60 Å². The molecule has 0 bridgehead atoms. The Bertz CT molecular complexity index is 236. The average molecular weight is 239 g/mol. The van der Waals surface area contributed by atoms with Crippen molar-refractivity contribution in [1.29, 1.82) is 0 Å². The van der Waals surface area contributed by atoms with Gasteiger partial charge in [0.2, 0.25) is 0 Å². The van der Waals surface area contributed by atoms with Gasteiger partial charge in [-0.15, -0.1) is 0 Å². The molecule has 1 atom stereocenters. The molecule has 9 heteroatoms. The quantitative estimate of drug-likeness (QED) is 0.383. The Hall–Kier alpha value is 0.370. The summed E-state index contributed by atoms with van der Waals surface area (Å²) in [5.41, 5.74) is -2.86. The Balaban J connectivity index is -0.000000720. The Kier molecular flexibility index (Phi) is 11.8. The summed E-state index contributed by atoms with van der Waals surface area (Å²) in [4.78, 5) is 30.4. The van der Waals surface area contributed by atoms with Gasteiger partial charge in [0, 0.05) is 0 Å². The molecule has 0 aliphatic heterocycles. The number of aliphatic carboxylic acids is 3. The first-order valence-corrected chi connectivity index (χ1v) is 3.04. The molecule has 0 heterocycles. The fourth-order valence-corrected chi connectivity index (χ4v) is 0.623. The number of hydrogen-bond donors (Lipinski definition) is 4. The zero-order valence-electron chi connectivity index (χ0n) is 6.30. The summed E-state index contributed by atoms with van der Waals surface area (Å²) in [6.45, 7) is 0. The van der Waals surface area contributed by atoms with Crippen molar-refractivity contribution < 1.29 is 34.8 Å². The fraction of sp³-hybridized carbons (Fsp3) is 0.333. The van der Waals surface area contributed by atoms with Crippen molar-refractivity contribution >= 4 is 77.0 Å². The summed E-state index contributed by atoms with van der Waals surface area (Å²) in [5.74, 6) is -5.23. The minimum absolute atomic E-state index is 0. The Morgan fingerprint density at radius 2 is 1.47 bits per heavy atom. The van der Waals surface area contributed by atoms with Gasteiger partial charge in [-0.3, -0.25) is 9.59 Å². The van der Waals surface area contributed by atoms with E-state index in [2.05, 4.69) is 0 Å². The van der Waals surface area contributed by atoms with Crippen LogP contribution in [0, 0.1) is 6.42 Å². The van der Waals surface area contributed by atoms with Crippen molar-refractivity contribution in [2.75, 3.05) is 0 Å². The SMILES string of the molecule is O=C(O)[CH]C(O)(CC(=O)O)C(=O)O.[NaH].[NaH]. The predicted octanol–water partition coefficient (Wildman–Crippen LogP) is -2.73. The number of aliphatic hydroxyl groups is 1. The normalized spacial score (nSPS) is 9.40. The van der Waals surface area contributed by atoms with Gasteiger partial charge in [0.1, 0.15) is 6.42 Å². The van der Waals surface area contributed by atoms with Gasteiger partial charge in [-0.1, -0.05) is 0 Å². The van der Waals surface area contributed by atoms with Crippen LogP contribution in [0.3, 0.4) is 0 Å². The first-order chi connectivity index (χ1) is 5.78. The van der Waals surface area contributed by atoms with Crippen molar-refractivity contribution in [3.63, 3.8) is 0 Å². The second-order valence-corrected chi connectivity index (χ2v) is 2.28. The molecule has 0 aliphatic carbocycles. The molecule has 0 saturated carbocycles. The predicted molar refractivity (Wildman–Crippen MR) is 51.1 cm³/mol. The van der Waals surface area contributed by atoms with E-state index in [0.29, 0.717) is 0 Å². The first kappa shape index (κ1) is 20.7. The summed E-state index contributed by atoms with van der Waals surface area (Å²) >= 11 is 0. The molecule has 0 aromatic heterocycles. The molecule has 0 amide bonds. The summed E-state index contributed by atoms with van der Waals surface area (Å²) < 4.78 is 0. The van der Waals surface area contributed by atoms with Crippen LogP contribution in [0.1, 0.15) is 6.42 Å². The number of hydrogen-bond acceptors (Lipinski definition) is 4. The van der Waals surface area contributed by atoms with Gasteiger partial charge in [-0.05, 0) is 0 Å². The molecule has 0 aliphatic rings. The van der Waals surface area contributed by atoms with E-state index in [1.807, 2.05) is 0 Å². The Morgan fingerprint density at radius 1 is 1.07 bits per heavy atom. The molecule has 1 radical (unpaired) electrons. The van der Waals surface area contributed by atoms with Crippen molar-refractivity contribution in [2.45, 2.75) is 12.0 Å². The van der Waals surface area contributed by atoms with E-state index in [0.717, 1.165) is 0 Å². The van der Waals surface area contributed by atoms with E-state index in [1.54, 1.807) is 0 Å². The zero-order valence-corrected chi connectivity index (χ0v) is 6.30. The van der Waals surface area contributed by atoms with Crippen LogP contribution in [-0.2, 0) is 14.4 Å². The summed E-state index contributed by atoms with van der Waals surface area (Å²) in [6, 6.07) is 0. The Morgan fingerprint density at radius 3 is 1.67 bits per heavy atom. The second-order valence-electron chi connectivity index (χ2n) is 2.28. The summed E-state index contributed by atoms with van der Waals surface area (Å²) in [5, 5.41) is 33.6. The molecule has 4 N–H and O–H groups in total. The van der Waals surface area contributed by atoms with Crippen LogP contribution >= 0.6 is 0 Å². The van der Waals surface area contributed by atoms with Crippen molar-refractivity contribution in [1.82, 2.24) is 0 Å². The molecular formula is C6H9Na2O7. The summed E-state index contributed by atoms with van der Waals surface area (Å²) in [7, 11) is 0. The molecule has 0 rings (SSSR count). The van der Waals surface area contributed by atoms with Gasteiger partial charge in [0.25, 0.3) is 0 Å². The molecule has 7 nitrogen and oxygen atoms in total. The third kappa shape index (κ3) is 8.21. The van der Waals surface area contributed by atoms with Crippen molar-refractivity contribution in [3.05, 3.63) is 6.42 Å². The maximum absolute atomic E-state index is 10.3. The molecule has 0 saturated heterocycles. The molecule has 0 spiro atoms. The maximum atomic E-state index is 10.3. The number of carbonyl (C=O) groups is 3. The molecule has 1 unspecified atom stereocenters. The van der Waals surface area contributed by atoms with Crippen LogP contribution in [0.15, 0.2) is 0 Å². The van der Waals surface area contributed by atoms with Gasteiger partial charge >= 0.3 is 77.0 Å². The van der Waals surface area contributed by atoms with E-state index in [4.69, 9.17) is 20.4 Å². The minimum atomic E-state index is -2.86. The second kappa shape index (κ2) is 8.51. The molecule has 0 aromatic carbocycles. The van der Waals surface area contributed by atoms with Crippen LogP contribution < -0.4 is 0 Å². The van der Waals surface area contributed by atoms with E-state index in [9.17, 15) is 14.4 Å². The van der Waals surface area contributed by atoms with E-state index < -0.39 is 29.9 Å². The molecule has 15 heavy (non-hydrogen) atoms. The molecule has 77 valence electrons. The third-order valence-corrected chi connectivity index (χ3v) is 1.15. The standard InChI is InChI=1S/C6H7O7.2Na.2H/c7-3(8)1-6(13,5(11)12)2-4(9)10;;;;/h1,13H,2H2,(H,7,8)(H,9,10)(H,11,12);;;;. The van der Waals surface area contributed by atoms with Crippen LogP contribution in [0.5, 0.6) is 0 Å². The van der Waals surface area contributed by atoms with Crippen molar-refractivity contribution in [2.24, 2.45) is 0 Å². The van der Waals surface area contributed by atoms with Crippen LogP contribution in [-0.4, -0.2) is 103 Å². The van der Waals surface area contributed by atoms with Crippen molar-refractivity contribution in [3.8, 4) is 0 Å². The van der Waals surface area contributed by atoms with Gasteiger partial charge in [-0.2, -0.15) is 0 Å². The van der Waals surface area contributed by atoms with Gasteiger partial charge in [-0.25, -0.2) is 4.79 Å².